The number of carbonyl (C=O) groups excluding carboxylic acids is 2. The van der Waals surface area contributed by atoms with Crippen LogP contribution in [-0.4, -0.2) is 44.7 Å². The van der Waals surface area contributed by atoms with Gasteiger partial charge < -0.3 is 14.8 Å². The molecule has 0 aromatic carbocycles. The molecule has 1 saturated carbocycles. The van der Waals surface area contributed by atoms with Crippen LogP contribution in [0.15, 0.2) is 4.79 Å². The molecule has 0 unspecified atom stereocenters. The van der Waals surface area contributed by atoms with Gasteiger partial charge in [0.2, 0.25) is 11.8 Å². The van der Waals surface area contributed by atoms with E-state index in [0.717, 1.165) is 37.9 Å². The molecule has 7 heteroatoms. The smallest absolute Gasteiger partial charge is 0.256 e. The fraction of sp³-hybridized carbons (Fsp3) is 0.684. The van der Waals surface area contributed by atoms with Gasteiger partial charge in [0, 0.05) is 32.4 Å². The van der Waals surface area contributed by atoms with Crippen LogP contribution in [0.5, 0.6) is 0 Å². The Kier molecular flexibility index (Phi) is 4.32. The molecule has 0 bridgehead atoms. The first kappa shape index (κ1) is 17.2. The van der Waals surface area contributed by atoms with Gasteiger partial charge in [-0.2, -0.15) is 0 Å². The normalized spacial score (nSPS) is 27.8. The van der Waals surface area contributed by atoms with Crippen LogP contribution in [0.4, 0.5) is 0 Å². The van der Waals surface area contributed by atoms with Gasteiger partial charge in [0.1, 0.15) is 5.82 Å². The summed E-state index contributed by atoms with van der Waals surface area (Å²) in [6.07, 6.45) is 4.44. The first-order chi connectivity index (χ1) is 12.5. The molecule has 2 fully saturated rings. The molecular formula is C19H26N4O3. The van der Waals surface area contributed by atoms with Crippen molar-refractivity contribution >= 4 is 11.8 Å². The van der Waals surface area contributed by atoms with E-state index < -0.39 is 0 Å². The summed E-state index contributed by atoms with van der Waals surface area (Å²) in [7, 11) is 0. The van der Waals surface area contributed by atoms with Crippen LogP contribution in [0, 0.1) is 11.8 Å². The summed E-state index contributed by atoms with van der Waals surface area (Å²) >= 11 is 0. The average Bonchev–Trinajstić information content (AvgIpc) is 3.37. The Hall–Kier alpha value is -2.18. The summed E-state index contributed by atoms with van der Waals surface area (Å²) in [5.41, 5.74) is 1.19. The van der Waals surface area contributed by atoms with E-state index in [1.165, 1.54) is 6.92 Å². The van der Waals surface area contributed by atoms with Crippen molar-refractivity contribution in [3.05, 3.63) is 27.4 Å². The lowest BCUT2D eigenvalue weighted by Crippen LogP contribution is -2.42. The second-order valence-corrected chi connectivity index (χ2v) is 7.93. The third-order valence-corrected chi connectivity index (χ3v) is 6.06. The summed E-state index contributed by atoms with van der Waals surface area (Å²) < 4.78 is 0. The Labute approximate surface area is 152 Å². The molecule has 4 rings (SSSR count). The van der Waals surface area contributed by atoms with Crippen LogP contribution < -0.4 is 5.56 Å². The Morgan fingerprint density at radius 3 is 2.69 bits per heavy atom. The number of carbonyl (C=O) groups is 2. The minimum absolute atomic E-state index is 0.0262. The molecule has 0 radical (unpaired) electrons. The predicted octanol–water partition coefficient (Wildman–Crippen LogP) is 1.38. The SMILES string of the molecule is CC(=O)N1CCc2nc([C@H]3CCCCN3C(=O)[C@@H]3C[C@@H]3C)[nH]c(=O)c2C1. The van der Waals surface area contributed by atoms with E-state index in [0.29, 0.717) is 36.8 Å². The number of amides is 2. The fourth-order valence-electron chi connectivity index (χ4n) is 4.23. The largest absolute Gasteiger partial charge is 0.338 e. The quantitative estimate of drug-likeness (QED) is 0.865. The van der Waals surface area contributed by atoms with Gasteiger partial charge in [-0.3, -0.25) is 14.4 Å². The molecule has 3 aliphatic rings. The molecule has 1 aromatic rings. The van der Waals surface area contributed by atoms with Gasteiger partial charge in [-0.05, 0) is 31.6 Å². The highest BCUT2D eigenvalue weighted by molar-refractivity contribution is 5.82. The fourth-order valence-corrected chi connectivity index (χ4v) is 4.23. The first-order valence-electron chi connectivity index (χ1n) is 9.63. The van der Waals surface area contributed by atoms with Crippen molar-refractivity contribution in [1.29, 1.82) is 0 Å². The maximum Gasteiger partial charge on any atom is 0.256 e. The third kappa shape index (κ3) is 3.04. The molecule has 1 saturated heterocycles. The van der Waals surface area contributed by atoms with E-state index in [1.54, 1.807) is 4.90 Å². The van der Waals surface area contributed by atoms with Crippen LogP contribution in [-0.2, 0) is 22.6 Å². The van der Waals surface area contributed by atoms with Gasteiger partial charge >= 0.3 is 0 Å². The van der Waals surface area contributed by atoms with E-state index in [1.807, 2.05) is 4.90 Å². The van der Waals surface area contributed by atoms with Crippen molar-refractivity contribution in [2.45, 2.75) is 58.5 Å². The standard InChI is InChI=1S/C19H26N4O3/c1-11-9-13(11)19(26)23-7-4-3-5-16(23)17-20-15-6-8-22(12(2)24)10-14(15)18(25)21-17/h11,13,16H,3-10H2,1-2H3,(H,20,21,25)/t11-,13+,16+/m0/s1. The summed E-state index contributed by atoms with van der Waals surface area (Å²) in [6.45, 7) is 5.28. The Balaban J connectivity index is 1.62. The number of H-pyrrole nitrogens is 1. The van der Waals surface area contributed by atoms with E-state index in [4.69, 9.17) is 4.98 Å². The number of rotatable bonds is 2. The maximum atomic E-state index is 12.8. The van der Waals surface area contributed by atoms with Crippen LogP contribution in [0.2, 0.25) is 0 Å². The van der Waals surface area contributed by atoms with Crippen molar-refractivity contribution in [3.8, 4) is 0 Å². The first-order valence-corrected chi connectivity index (χ1v) is 9.63. The number of piperidine rings is 1. The lowest BCUT2D eigenvalue weighted by molar-refractivity contribution is -0.137. The summed E-state index contributed by atoms with van der Waals surface area (Å²) in [5, 5.41) is 0. The number of nitrogens with zero attached hydrogens (tertiary/aromatic N) is 3. The predicted molar refractivity (Wildman–Crippen MR) is 95.2 cm³/mol. The monoisotopic (exact) mass is 358 g/mol. The van der Waals surface area contributed by atoms with Crippen molar-refractivity contribution in [3.63, 3.8) is 0 Å². The molecule has 2 aliphatic heterocycles. The van der Waals surface area contributed by atoms with Crippen LogP contribution >= 0.6 is 0 Å². The number of nitrogens with one attached hydrogen (secondary N) is 1. The van der Waals surface area contributed by atoms with Crippen LogP contribution in [0.25, 0.3) is 0 Å². The highest BCUT2D eigenvalue weighted by Gasteiger charge is 2.44. The summed E-state index contributed by atoms with van der Waals surface area (Å²) in [4.78, 5) is 48.3. The number of likely N-dealkylation sites (tertiary alicyclic amines) is 1. The van der Waals surface area contributed by atoms with Crippen LogP contribution in [0.1, 0.15) is 62.7 Å². The Bertz CT molecular complexity index is 802. The number of aromatic amines is 1. The number of hydrogen-bond acceptors (Lipinski definition) is 4. The van der Waals surface area contributed by atoms with Gasteiger partial charge in [0.25, 0.3) is 5.56 Å². The third-order valence-electron chi connectivity index (χ3n) is 6.06. The van der Waals surface area contributed by atoms with Gasteiger partial charge in [0.05, 0.1) is 23.8 Å². The highest BCUT2D eigenvalue weighted by atomic mass is 16.2. The minimum atomic E-state index is -0.172. The second-order valence-electron chi connectivity index (χ2n) is 7.93. The molecular weight excluding hydrogens is 332 g/mol. The number of hydrogen-bond donors (Lipinski definition) is 1. The minimum Gasteiger partial charge on any atom is -0.338 e. The van der Waals surface area contributed by atoms with Crippen molar-refractivity contribution in [1.82, 2.24) is 19.8 Å². The van der Waals surface area contributed by atoms with E-state index >= 15 is 0 Å². The molecule has 140 valence electrons. The Morgan fingerprint density at radius 1 is 1.23 bits per heavy atom. The molecule has 3 heterocycles. The molecule has 1 aromatic heterocycles. The number of fused-ring (bicyclic) bond motifs is 1. The van der Waals surface area contributed by atoms with E-state index in [9.17, 15) is 14.4 Å². The van der Waals surface area contributed by atoms with Gasteiger partial charge in [-0.15, -0.1) is 0 Å². The molecule has 7 nitrogen and oxygen atoms in total. The average molecular weight is 358 g/mol. The van der Waals surface area contributed by atoms with E-state index in [2.05, 4.69) is 11.9 Å². The molecule has 26 heavy (non-hydrogen) atoms. The molecule has 2 amide bonds. The number of aromatic nitrogens is 2. The maximum absolute atomic E-state index is 12.8. The highest BCUT2D eigenvalue weighted by Crippen LogP contribution is 2.42. The molecule has 1 aliphatic carbocycles. The van der Waals surface area contributed by atoms with Gasteiger partial charge in [0.15, 0.2) is 0 Å². The van der Waals surface area contributed by atoms with Gasteiger partial charge in [-0.1, -0.05) is 6.92 Å². The Morgan fingerprint density at radius 2 is 2.00 bits per heavy atom. The van der Waals surface area contributed by atoms with Crippen molar-refractivity contribution in [2.24, 2.45) is 11.8 Å². The molecule has 3 atom stereocenters. The van der Waals surface area contributed by atoms with Crippen molar-refractivity contribution in [2.75, 3.05) is 13.1 Å². The molecule has 1 N–H and O–H groups in total. The zero-order valence-corrected chi connectivity index (χ0v) is 15.5. The molecule has 0 spiro atoms. The van der Waals surface area contributed by atoms with E-state index in [-0.39, 0.29) is 29.3 Å². The van der Waals surface area contributed by atoms with Gasteiger partial charge in [-0.25, -0.2) is 4.98 Å². The lowest BCUT2D eigenvalue weighted by Gasteiger charge is -2.36. The summed E-state index contributed by atoms with van der Waals surface area (Å²) in [5.74, 6) is 1.42. The topological polar surface area (TPSA) is 86.4 Å². The lowest BCUT2D eigenvalue weighted by atomic mass is 9.99. The zero-order chi connectivity index (χ0) is 18.4. The summed E-state index contributed by atoms with van der Waals surface area (Å²) in [6, 6.07) is -0.132. The van der Waals surface area contributed by atoms with Crippen LogP contribution in [0.3, 0.4) is 0 Å². The zero-order valence-electron chi connectivity index (χ0n) is 15.5. The van der Waals surface area contributed by atoms with Crippen molar-refractivity contribution < 1.29 is 9.59 Å². The second kappa shape index (κ2) is 6.52.